The first kappa shape index (κ1) is 24.9. The molecule has 6 rings (SSSR count). The zero-order valence-corrected chi connectivity index (χ0v) is 21.0. The molecule has 4 aromatic rings. The smallest absolute Gasteiger partial charge is 0.417 e. The number of nitrogens with one attached hydrogen (secondary N) is 1. The summed E-state index contributed by atoms with van der Waals surface area (Å²) in [6.07, 6.45) is 1.78. The molecule has 2 fully saturated rings. The molecule has 2 saturated heterocycles. The van der Waals surface area contributed by atoms with E-state index in [9.17, 15) is 18.0 Å². The fourth-order valence-corrected chi connectivity index (χ4v) is 5.90. The van der Waals surface area contributed by atoms with Crippen molar-refractivity contribution in [1.29, 1.82) is 0 Å². The molecule has 38 heavy (non-hydrogen) atoms. The van der Waals surface area contributed by atoms with E-state index in [2.05, 4.69) is 20.0 Å². The molecule has 2 aliphatic heterocycles. The Labute approximate surface area is 216 Å². The summed E-state index contributed by atoms with van der Waals surface area (Å²) < 4.78 is 57.0. The number of alkyl halides is 3. The number of likely N-dealkylation sites (tertiary alicyclic amines) is 1. The van der Waals surface area contributed by atoms with Crippen LogP contribution < -0.4 is 10.4 Å². The Morgan fingerprint density at radius 2 is 2.00 bits per heavy atom. The quantitative estimate of drug-likeness (QED) is 0.418. The van der Waals surface area contributed by atoms with E-state index in [4.69, 9.17) is 9.47 Å². The summed E-state index contributed by atoms with van der Waals surface area (Å²) in [7, 11) is 1.43. The van der Waals surface area contributed by atoms with Gasteiger partial charge in [-0.1, -0.05) is 0 Å². The van der Waals surface area contributed by atoms with Crippen LogP contribution in [0.4, 0.5) is 13.2 Å². The second kappa shape index (κ2) is 9.73. The van der Waals surface area contributed by atoms with Gasteiger partial charge in [-0.15, -0.1) is 0 Å². The minimum absolute atomic E-state index is 0.0705. The Morgan fingerprint density at radius 1 is 1.18 bits per heavy atom. The highest BCUT2D eigenvalue weighted by atomic mass is 19.4. The largest absolute Gasteiger partial charge is 0.493 e. The molecule has 12 heteroatoms. The number of aromatic nitrogens is 5. The summed E-state index contributed by atoms with van der Waals surface area (Å²) >= 11 is 0. The van der Waals surface area contributed by atoms with Crippen LogP contribution in [0, 0.1) is 5.92 Å². The van der Waals surface area contributed by atoms with E-state index >= 15 is 0 Å². The molecule has 2 aliphatic rings. The Morgan fingerprint density at radius 3 is 2.76 bits per heavy atom. The van der Waals surface area contributed by atoms with Gasteiger partial charge in [0.05, 0.1) is 29.7 Å². The van der Waals surface area contributed by atoms with Crippen molar-refractivity contribution in [3.05, 3.63) is 46.8 Å². The third kappa shape index (κ3) is 4.55. The molecule has 1 aromatic carbocycles. The topological polar surface area (TPSA) is 89.7 Å². The van der Waals surface area contributed by atoms with Crippen LogP contribution in [-0.4, -0.2) is 69.0 Å². The van der Waals surface area contributed by atoms with E-state index in [0.717, 1.165) is 58.1 Å². The van der Waals surface area contributed by atoms with Crippen molar-refractivity contribution >= 4 is 16.7 Å². The van der Waals surface area contributed by atoms with Crippen molar-refractivity contribution in [2.45, 2.75) is 37.9 Å². The molecule has 1 atom stereocenters. The number of imidazole rings is 1. The fraction of sp³-hybridized carbons (Fsp3) is 0.500. The van der Waals surface area contributed by atoms with Crippen molar-refractivity contribution < 1.29 is 22.6 Å². The van der Waals surface area contributed by atoms with Crippen molar-refractivity contribution in [1.82, 2.24) is 29.0 Å². The normalized spacial score (nSPS) is 19.9. The monoisotopic (exact) mass is 530 g/mol. The lowest BCUT2D eigenvalue weighted by Crippen LogP contribution is -2.42. The van der Waals surface area contributed by atoms with Crippen LogP contribution in [0.15, 0.2) is 35.5 Å². The number of piperidine rings is 1. The van der Waals surface area contributed by atoms with Crippen LogP contribution in [0.3, 0.4) is 0 Å². The molecule has 0 spiro atoms. The molecule has 1 N–H and O–H groups in total. The molecular weight excluding hydrogens is 501 g/mol. The standard InChI is InChI=1S/C26H29F3N6O3/c1-37-23-9-17(13-34-24(23)30-15-31-34)19-10-21-22(11-20(19)26(27,28)29)35(25(36)32-21)18-3-2-6-33(14-18)12-16-4-7-38-8-5-16/h9-11,13,15-16,18H,2-8,12,14H2,1H3,(H,32,36)/t18-/m1/s1. The van der Waals surface area contributed by atoms with E-state index in [1.54, 1.807) is 0 Å². The molecule has 0 saturated carbocycles. The Hall–Kier alpha value is -3.38. The Balaban J connectivity index is 1.41. The van der Waals surface area contributed by atoms with Gasteiger partial charge in [0.25, 0.3) is 0 Å². The van der Waals surface area contributed by atoms with E-state index < -0.39 is 17.4 Å². The lowest BCUT2D eigenvalue weighted by Gasteiger charge is -2.36. The van der Waals surface area contributed by atoms with Gasteiger partial charge in [-0.3, -0.25) is 4.57 Å². The third-order valence-electron chi connectivity index (χ3n) is 7.74. The highest BCUT2D eigenvalue weighted by Gasteiger charge is 2.36. The summed E-state index contributed by atoms with van der Waals surface area (Å²) in [6, 6.07) is 3.79. The number of pyridine rings is 1. The molecule has 0 bridgehead atoms. The number of aromatic amines is 1. The van der Waals surface area contributed by atoms with Crippen molar-refractivity contribution in [3.8, 4) is 16.9 Å². The first-order valence-corrected chi connectivity index (χ1v) is 12.8. The predicted octanol–water partition coefficient (Wildman–Crippen LogP) is 4.13. The van der Waals surface area contributed by atoms with Crippen molar-refractivity contribution in [2.75, 3.05) is 40.0 Å². The maximum absolute atomic E-state index is 14.4. The molecule has 0 unspecified atom stereocenters. The van der Waals surface area contributed by atoms with Gasteiger partial charge in [0.1, 0.15) is 6.33 Å². The number of benzene rings is 1. The number of nitrogens with zero attached hydrogens (tertiary/aromatic N) is 5. The maximum atomic E-state index is 14.4. The van der Waals surface area contributed by atoms with Crippen LogP contribution >= 0.6 is 0 Å². The molecule has 9 nitrogen and oxygen atoms in total. The van der Waals surface area contributed by atoms with Crippen molar-refractivity contribution in [2.24, 2.45) is 5.92 Å². The lowest BCUT2D eigenvalue weighted by atomic mass is 9.97. The second-order valence-corrected chi connectivity index (χ2v) is 10.1. The van der Waals surface area contributed by atoms with Crippen LogP contribution in [0.2, 0.25) is 0 Å². The number of hydrogen-bond acceptors (Lipinski definition) is 6. The zero-order valence-electron chi connectivity index (χ0n) is 21.0. The fourth-order valence-electron chi connectivity index (χ4n) is 5.90. The Kier molecular flexibility index (Phi) is 6.39. The van der Waals surface area contributed by atoms with Gasteiger partial charge in [-0.2, -0.15) is 18.3 Å². The highest BCUT2D eigenvalue weighted by molar-refractivity contribution is 5.85. The SMILES string of the molecule is COc1cc(-c2cc3[nH]c(=O)n([C@@H]4CCCN(CC5CCOCC5)C4)c3cc2C(F)(F)F)cn2ncnc12. The predicted molar refractivity (Wildman–Crippen MR) is 134 cm³/mol. The first-order chi connectivity index (χ1) is 18.3. The molecule has 5 heterocycles. The average molecular weight is 531 g/mol. The van der Waals surface area contributed by atoms with Gasteiger partial charge < -0.3 is 19.4 Å². The van der Waals surface area contributed by atoms with E-state index in [1.165, 1.54) is 40.8 Å². The van der Waals surface area contributed by atoms with Gasteiger partial charge in [0, 0.05) is 38.1 Å². The van der Waals surface area contributed by atoms with E-state index in [1.807, 2.05) is 0 Å². The first-order valence-electron chi connectivity index (χ1n) is 12.8. The summed E-state index contributed by atoms with van der Waals surface area (Å²) in [4.78, 5) is 22.4. The average Bonchev–Trinajstić information content (AvgIpc) is 3.50. The van der Waals surface area contributed by atoms with Gasteiger partial charge in [-0.25, -0.2) is 14.3 Å². The maximum Gasteiger partial charge on any atom is 0.417 e. The number of halogens is 3. The van der Waals surface area contributed by atoms with Crippen LogP contribution in [0.25, 0.3) is 27.8 Å². The molecular formula is C26H29F3N6O3. The van der Waals surface area contributed by atoms with Gasteiger partial charge in [-0.05, 0) is 61.9 Å². The van der Waals surface area contributed by atoms with E-state index in [-0.39, 0.29) is 22.7 Å². The Bertz CT molecular complexity index is 1520. The van der Waals surface area contributed by atoms with Crippen molar-refractivity contribution in [3.63, 3.8) is 0 Å². The number of ether oxygens (including phenoxy) is 2. The number of hydrogen-bond donors (Lipinski definition) is 1. The molecule has 0 aliphatic carbocycles. The van der Waals surface area contributed by atoms with Crippen LogP contribution in [-0.2, 0) is 10.9 Å². The van der Waals surface area contributed by atoms with Crippen LogP contribution in [0.5, 0.6) is 5.75 Å². The van der Waals surface area contributed by atoms with E-state index in [0.29, 0.717) is 29.4 Å². The zero-order chi connectivity index (χ0) is 26.4. The number of H-pyrrole nitrogens is 1. The molecule has 0 amide bonds. The number of methoxy groups -OCH3 is 1. The summed E-state index contributed by atoms with van der Waals surface area (Å²) in [5.41, 5.74) is -0.0217. The van der Waals surface area contributed by atoms with Gasteiger partial charge >= 0.3 is 11.9 Å². The highest BCUT2D eigenvalue weighted by Crippen LogP contribution is 2.41. The minimum atomic E-state index is -4.64. The number of fused-ring (bicyclic) bond motifs is 2. The summed E-state index contributed by atoms with van der Waals surface area (Å²) in [5, 5.41) is 4.07. The third-order valence-corrected chi connectivity index (χ3v) is 7.74. The summed E-state index contributed by atoms with van der Waals surface area (Å²) in [6.45, 7) is 4.01. The molecule has 3 aromatic heterocycles. The summed E-state index contributed by atoms with van der Waals surface area (Å²) in [5.74, 6) is 0.840. The van der Waals surface area contributed by atoms with Gasteiger partial charge in [0.15, 0.2) is 11.4 Å². The van der Waals surface area contributed by atoms with Gasteiger partial charge in [0.2, 0.25) is 0 Å². The lowest BCUT2D eigenvalue weighted by molar-refractivity contribution is -0.137. The number of rotatable bonds is 5. The molecule has 0 radical (unpaired) electrons. The molecule has 202 valence electrons. The second-order valence-electron chi connectivity index (χ2n) is 10.1. The van der Waals surface area contributed by atoms with Crippen LogP contribution in [0.1, 0.15) is 37.3 Å². The minimum Gasteiger partial charge on any atom is -0.493 e.